The van der Waals surface area contributed by atoms with Gasteiger partial charge in [-0.15, -0.1) is 0 Å². The molecule has 0 aliphatic carbocycles. The summed E-state index contributed by atoms with van der Waals surface area (Å²) in [5.74, 6) is -3.09. The first kappa shape index (κ1) is 30.1. The third-order valence-corrected chi connectivity index (χ3v) is 5.34. The summed E-state index contributed by atoms with van der Waals surface area (Å²) in [6.45, 7) is 4.46. The summed E-state index contributed by atoms with van der Waals surface area (Å²) in [5.41, 5.74) is 16.9. The van der Waals surface area contributed by atoms with Gasteiger partial charge < -0.3 is 38.3 Å². The van der Waals surface area contributed by atoms with Crippen molar-refractivity contribution in [1.29, 1.82) is 0 Å². The molecule has 11 nitrogen and oxygen atoms in total. The number of rotatable bonds is 17. The summed E-state index contributed by atoms with van der Waals surface area (Å²) >= 11 is 3.94. The number of nitrogens with one attached hydrogen (secondary N) is 3. The van der Waals surface area contributed by atoms with E-state index in [0.29, 0.717) is 45.2 Å². The quantitative estimate of drug-likeness (QED) is 0.0933. The van der Waals surface area contributed by atoms with Crippen molar-refractivity contribution in [3.8, 4) is 0 Å². The molecule has 0 spiro atoms. The Bertz CT molecular complexity index is 607. The van der Waals surface area contributed by atoms with Gasteiger partial charge in [0.2, 0.25) is 17.7 Å². The van der Waals surface area contributed by atoms with E-state index in [1.54, 1.807) is 13.8 Å². The van der Waals surface area contributed by atoms with E-state index in [1.807, 2.05) is 0 Å². The monoisotopic (exact) mass is 476 g/mol. The molecule has 0 bridgehead atoms. The van der Waals surface area contributed by atoms with E-state index in [4.69, 9.17) is 22.3 Å². The summed E-state index contributed by atoms with van der Waals surface area (Å²) in [6, 6.07) is -3.86. The number of thiol groups is 1. The first-order valence-electron chi connectivity index (χ1n) is 11.0. The van der Waals surface area contributed by atoms with Crippen LogP contribution in [-0.2, 0) is 19.2 Å². The maximum Gasteiger partial charge on any atom is 0.327 e. The van der Waals surface area contributed by atoms with Crippen molar-refractivity contribution in [2.75, 3.05) is 18.8 Å². The molecule has 0 aromatic rings. The highest BCUT2D eigenvalue weighted by molar-refractivity contribution is 7.80. The molecule has 0 aromatic heterocycles. The van der Waals surface area contributed by atoms with Crippen LogP contribution in [0.25, 0.3) is 0 Å². The highest BCUT2D eigenvalue weighted by atomic mass is 32.1. The molecule has 0 saturated heterocycles. The SMILES string of the molecule is CC(C)C(N)C(=O)NC(CCCCN)C(=O)NC(CCCCN)C(=O)NC(CS)C(=O)O. The Morgan fingerprint density at radius 1 is 0.781 bits per heavy atom. The smallest absolute Gasteiger partial charge is 0.327 e. The molecular formula is C20H40N6O5S. The van der Waals surface area contributed by atoms with Gasteiger partial charge in [-0.2, -0.15) is 12.6 Å². The second-order valence-electron chi connectivity index (χ2n) is 8.04. The first-order chi connectivity index (χ1) is 15.1. The average Bonchev–Trinajstić information content (AvgIpc) is 2.74. The maximum atomic E-state index is 13.0. The predicted octanol–water partition coefficient (Wildman–Crippen LogP) is -1.30. The highest BCUT2D eigenvalue weighted by Crippen LogP contribution is 2.07. The third kappa shape index (κ3) is 11.7. The number of aliphatic carboxylic acids is 1. The van der Waals surface area contributed by atoms with Crippen LogP contribution in [0.15, 0.2) is 0 Å². The largest absolute Gasteiger partial charge is 0.480 e. The Morgan fingerprint density at radius 2 is 1.19 bits per heavy atom. The molecule has 186 valence electrons. The normalized spacial score (nSPS) is 14.8. The van der Waals surface area contributed by atoms with Gasteiger partial charge in [0, 0.05) is 5.75 Å². The average molecular weight is 477 g/mol. The Kier molecular flexibility index (Phi) is 15.7. The number of unbranched alkanes of at least 4 members (excludes halogenated alkanes) is 2. The molecule has 32 heavy (non-hydrogen) atoms. The van der Waals surface area contributed by atoms with Crippen LogP contribution in [0.2, 0.25) is 0 Å². The number of carbonyl (C=O) groups excluding carboxylic acids is 3. The topological polar surface area (TPSA) is 203 Å². The lowest BCUT2D eigenvalue weighted by Gasteiger charge is -2.25. The van der Waals surface area contributed by atoms with Gasteiger partial charge >= 0.3 is 5.97 Å². The van der Waals surface area contributed by atoms with E-state index < -0.39 is 47.9 Å². The van der Waals surface area contributed by atoms with Gasteiger partial charge in [-0.25, -0.2) is 4.79 Å². The lowest BCUT2D eigenvalue weighted by molar-refractivity contribution is -0.141. The summed E-state index contributed by atoms with van der Waals surface area (Å²) < 4.78 is 0. The van der Waals surface area contributed by atoms with Gasteiger partial charge in [0.1, 0.15) is 18.1 Å². The summed E-state index contributed by atoms with van der Waals surface area (Å²) in [4.78, 5) is 49.3. The second-order valence-corrected chi connectivity index (χ2v) is 8.41. The molecule has 0 rings (SSSR count). The molecule has 0 heterocycles. The number of carboxylic acid groups (broad SMARTS) is 1. The minimum Gasteiger partial charge on any atom is -0.480 e. The minimum absolute atomic E-state index is 0.102. The molecule has 0 radical (unpaired) electrons. The number of carbonyl (C=O) groups is 4. The van der Waals surface area contributed by atoms with Crippen LogP contribution in [0.5, 0.6) is 0 Å². The summed E-state index contributed by atoms with van der Waals surface area (Å²) in [6.07, 6.45) is 3.03. The highest BCUT2D eigenvalue weighted by Gasteiger charge is 2.30. The van der Waals surface area contributed by atoms with Crippen molar-refractivity contribution in [2.24, 2.45) is 23.1 Å². The van der Waals surface area contributed by atoms with Crippen LogP contribution in [0.1, 0.15) is 52.4 Å². The van der Waals surface area contributed by atoms with Crippen LogP contribution in [-0.4, -0.2) is 71.8 Å². The van der Waals surface area contributed by atoms with E-state index in [-0.39, 0.29) is 18.1 Å². The van der Waals surface area contributed by atoms with Crippen LogP contribution >= 0.6 is 12.6 Å². The number of hydrogen-bond donors (Lipinski definition) is 8. The summed E-state index contributed by atoms with van der Waals surface area (Å²) in [7, 11) is 0. The second kappa shape index (κ2) is 16.7. The van der Waals surface area contributed by atoms with Crippen molar-refractivity contribution >= 4 is 36.3 Å². The lowest BCUT2D eigenvalue weighted by atomic mass is 10.0. The molecule has 0 aliphatic rings. The molecular weight excluding hydrogens is 436 g/mol. The van der Waals surface area contributed by atoms with Crippen molar-refractivity contribution in [3.63, 3.8) is 0 Å². The van der Waals surface area contributed by atoms with Crippen LogP contribution in [0.4, 0.5) is 0 Å². The fourth-order valence-electron chi connectivity index (χ4n) is 2.82. The van der Waals surface area contributed by atoms with E-state index in [0.717, 1.165) is 0 Å². The first-order valence-corrected chi connectivity index (χ1v) is 11.6. The molecule has 10 N–H and O–H groups in total. The molecule has 4 atom stereocenters. The molecule has 4 unspecified atom stereocenters. The van der Waals surface area contributed by atoms with Crippen LogP contribution in [0.3, 0.4) is 0 Å². The molecule has 0 fully saturated rings. The van der Waals surface area contributed by atoms with Gasteiger partial charge in [0.15, 0.2) is 0 Å². The Hall–Kier alpha value is -1.89. The van der Waals surface area contributed by atoms with E-state index in [1.165, 1.54) is 0 Å². The molecule has 0 aromatic carbocycles. The summed E-state index contributed by atoms with van der Waals surface area (Å²) in [5, 5.41) is 16.9. The van der Waals surface area contributed by atoms with E-state index in [9.17, 15) is 19.2 Å². The predicted molar refractivity (Wildman–Crippen MR) is 126 cm³/mol. The van der Waals surface area contributed by atoms with E-state index >= 15 is 0 Å². The fraction of sp³-hybridized carbons (Fsp3) is 0.800. The van der Waals surface area contributed by atoms with Gasteiger partial charge in [-0.1, -0.05) is 13.8 Å². The Balaban J connectivity index is 5.41. The number of hydrogen-bond acceptors (Lipinski definition) is 8. The van der Waals surface area contributed by atoms with Gasteiger partial charge in [-0.05, 0) is 57.5 Å². The molecule has 3 amide bonds. The number of carboxylic acids is 1. The number of amides is 3. The Labute approximate surface area is 195 Å². The van der Waals surface area contributed by atoms with Crippen LogP contribution < -0.4 is 33.2 Å². The Morgan fingerprint density at radius 3 is 1.53 bits per heavy atom. The van der Waals surface area contributed by atoms with Gasteiger partial charge in [0.25, 0.3) is 0 Å². The number of nitrogens with two attached hydrogens (primary N) is 3. The van der Waals surface area contributed by atoms with Crippen molar-refractivity contribution in [3.05, 3.63) is 0 Å². The molecule has 12 heteroatoms. The zero-order valence-corrected chi connectivity index (χ0v) is 19.9. The van der Waals surface area contributed by atoms with Crippen LogP contribution in [0, 0.1) is 5.92 Å². The molecule has 0 aliphatic heterocycles. The van der Waals surface area contributed by atoms with Gasteiger partial charge in [-0.3, -0.25) is 14.4 Å². The van der Waals surface area contributed by atoms with Gasteiger partial charge in [0.05, 0.1) is 6.04 Å². The zero-order chi connectivity index (χ0) is 24.7. The fourth-order valence-corrected chi connectivity index (χ4v) is 3.07. The molecule has 0 saturated carbocycles. The third-order valence-electron chi connectivity index (χ3n) is 4.98. The lowest BCUT2D eigenvalue weighted by Crippen LogP contribution is -2.57. The standard InChI is InChI=1S/C20H40N6O5S/c1-12(2)16(23)19(29)25-14(8-4-6-10-22)17(27)24-13(7-3-5-9-21)18(28)26-15(11-32)20(30)31/h12-16,32H,3-11,21-23H2,1-2H3,(H,24,27)(H,25,29)(H,26,28)(H,30,31). The van der Waals surface area contributed by atoms with E-state index in [2.05, 4.69) is 28.6 Å². The van der Waals surface area contributed by atoms with Crippen molar-refractivity contribution in [1.82, 2.24) is 16.0 Å². The van der Waals surface area contributed by atoms with Crippen molar-refractivity contribution < 1.29 is 24.3 Å². The van der Waals surface area contributed by atoms with Crippen molar-refractivity contribution in [2.45, 2.75) is 76.5 Å². The maximum absolute atomic E-state index is 13.0. The zero-order valence-electron chi connectivity index (χ0n) is 19.0. The minimum atomic E-state index is -1.23.